The summed E-state index contributed by atoms with van der Waals surface area (Å²) < 4.78 is 6.13. The van der Waals surface area contributed by atoms with Gasteiger partial charge in [-0.15, -0.1) is 0 Å². The molecule has 7 heteroatoms. The topological polar surface area (TPSA) is 73.5 Å². The molecule has 0 spiro atoms. The third-order valence-electron chi connectivity index (χ3n) is 6.37. The fourth-order valence-electron chi connectivity index (χ4n) is 4.79. The predicted molar refractivity (Wildman–Crippen MR) is 103 cm³/mol. The summed E-state index contributed by atoms with van der Waals surface area (Å²) in [6, 6.07) is 6.08. The second kappa shape index (κ2) is 6.80. The summed E-state index contributed by atoms with van der Waals surface area (Å²) in [7, 11) is 2.11. The van der Waals surface area contributed by atoms with Crippen LogP contribution in [0.15, 0.2) is 18.2 Å². The number of rotatable bonds is 4. The van der Waals surface area contributed by atoms with Gasteiger partial charge in [0.25, 0.3) is 5.91 Å². The molecular weight excluding hydrogens is 342 g/mol. The fraction of sp³-hybridized carbons (Fsp3) is 0.600. The number of ether oxygens (including phenoxy) is 1. The minimum absolute atomic E-state index is 0.0854. The Bertz CT molecular complexity index is 842. The number of piperidine rings is 3. The molecule has 4 aliphatic rings. The molecule has 0 radical (unpaired) electrons. The Morgan fingerprint density at radius 3 is 2.78 bits per heavy atom. The van der Waals surface area contributed by atoms with Crippen molar-refractivity contribution in [2.75, 3.05) is 39.8 Å². The molecule has 1 unspecified atom stereocenters. The number of fused-ring (bicyclic) bond motifs is 4. The van der Waals surface area contributed by atoms with Crippen LogP contribution in [0, 0.1) is 5.92 Å². The number of nitrogens with one attached hydrogen (secondary N) is 2. The van der Waals surface area contributed by atoms with Crippen LogP contribution in [0.5, 0.6) is 5.75 Å². The monoisotopic (exact) mass is 369 g/mol. The first kappa shape index (κ1) is 17.0. The Labute approximate surface area is 159 Å². The number of likely N-dealkylation sites (tertiary alicyclic amines) is 1. The molecule has 4 aliphatic heterocycles. The molecule has 2 atom stereocenters. The molecule has 0 aliphatic carbocycles. The van der Waals surface area contributed by atoms with Crippen LogP contribution in [0.3, 0.4) is 0 Å². The van der Waals surface area contributed by atoms with E-state index >= 15 is 0 Å². The zero-order chi connectivity index (χ0) is 18.4. The molecule has 2 N–H and O–H groups in total. The number of carbonyl (C=O) groups is 1. The van der Waals surface area contributed by atoms with Gasteiger partial charge in [-0.25, -0.2) is 0 Å². The number of nitrogens with zero attached hydrogens (tertiary/aromatic N) is 3. The highest BCUT2D eigenvalue weighted by molar-refractivity contribution is 6.05. The van der Waals surface area contributed by atoms with Crippen molar-refractivity contribution in [1.82, 2.24) is 25.3 Å². The van der Waals surface area contributed by atoms with Crippen LogP contribution in [0.25, 0.3) is 10.9 Å². The lowest BCUT2D eigenvalue weighted by atomic mass is 9.84. The van der Waals surface area contributed by atoms with Gasteiger partial charge in [0.15, 0.2) is 5.69 Å². The van der Waals surface area contributed by atoms with Gasteiger partial charge in [0.05, 0.1) is 5.52 Å². The zero-order valence-electron chi connectivity index (χ0n) is 15.8. The Morgan fingerprint density at radius 2 is 2.07 bits per heavy atom. The Balaban J connectivity index is 1.33. The van der Waals surface area contributed by atoms with Crippen LogP contribution in [-0.4, -0.2) is 77.8 Å². The number of amides is 1. The molecule has 6 rings (SSSR count). The van der Waals surface area contributed by atoms with E-state index in [9.17, 15) is 4.79 Å². The van der Waals surface area contributed by atoms with Crippen molar-refractivity contribution in [2.24, 2.45) is 5.92 Å². The summed E-state index contributed by atoms with van der Waals surface area (Å²) in [6.07, 6.45) is 3.61. The molecule has 0 saturated carbocycles. The van der Waals surface area contributed by atoms with Gasteiger partial charge in [-0.1, -0.05) is 0 Å². The van der Waals surface area contributed by atoms with E-state index in [0.29, 0.717) is 11.6 Å². The van der Waals surface area contributed by atoms with Gasteiger partial charge < -0.3 is 19.9 Å². The summed E-state index contributed by atoms with van der Waals surface area (Å²) in [5, 5.41) is 11.3. The number of aromatic nitrogens is 2. The minimum atomic E-state index is -0.0854. The fourth-order valence-corrected chi connectivity index (χ4v) is 4.79. The molecule has 4 fully saturated rings. The number of carbonyl (C=O) groups excluding carboxylic acids is 1. The van der Waals surface area contributed by atoms with E-state index < -0.39 is 0 Å². The first-order valence-electron chi connectivity index (χ1n) is 10.0. The summed E-state index contributed by atoms with van der Waals surface area (Å²) in [5.74, 6) is 1.32. The van der Waals surface area contributed by atoms with E-state index in [1.807, 2.05) is 18.2 Å². The zero-order valence-corrected chi connectivity index (χ0v) is 15.8. The average Bonchev–Trinajstić information content (AvgIpc) is 3.28. The molecular formula is C20H27N5O2. The Morgan fingerprint density at radius 1 is 1.22 bits per heavy atom. The van der Waals surface area contributed by atoms with Gasteiger partial charge in [0.2, 0.25) is 0 Å². The van der Waals surface area contributed by atoms with Crippen molar-refractivity contribution in [3.05, 3.63) is 23.9 Å². The van der Waals surface area contributed by atoms with Crippen molar-refractivity contribution < 1.29 is 9.53 Å². The van der Waals surface area contributed by atoms with Crippen LogP contribution in [0.2, 0.25) is 0 Å². The first-order valence-corrected chi connectivity index (χ1v) is 10.0. The average molecular weight is 369 g/mol. The van der Waals surface area contributed by atoms with E-state index in [0.717, 1.165) is 42.7 Å². The van der Waals surface area contributed by atoms with Crippen LogP contribution in [0.4, 0.5) is 0 Å². The number of aromatic amines is 1. The molecule has 2 bridgehead atoms. The largest absolute Gasteiger partial charge is 0.489 e. The maximum absolute atomic E-state index is 12.9. The van der Waals surface area contributed by atoms with Crippen molar-refractivity contribution in [3.8, 4) is 5.75 Å². The number of hydrogen-bond donors (Lipinski definition) is 2. The highest BCUT2D eigenvalue weighted by Crippen LogP contribution is 2.29. The van der Waals surface area contributed by atoms with E-state index in [-0.39, 0.29) is 18.1 Å². The minimum Gasteiger partial charge on any atom is -0.489 e. The maximum Gasteiger partial charge on any atom is 0.272 e. The lowest BCUT2D eigenvalue weighted by Crippen LogP contribution is -2.57. The highest BCUT2D eigenvalue weighted by atomic mass is 16.5. The van der Waals surface area contributed by atoms with Gasteiger partial charge in [-0.05, 0) is 63.5 Å². The van der Waals surface area contributed by atoms with E-state index in [2.05, 4.69) is 32.4 Å². The van der Waals surface area contributed by atoms with Gasteiger partial charge in [-0.2, -0.15) is 5.10 Å². The van der Waals surface area contributed by atoms with E-state index in [4.69, 9.17) is 4.74 Å². The molecule has 1 aromatic heterocycles. The molecule has 1 aromatic carbocycles. The van der Waals surface area contributed by atoms with Crippen molar-refractivity contribution >= 4 is 16.8 Å². The first-order chi connectivity index (χ1) is 13.2. The number of H-pyrrole nitrogens is 1. The summed E-state index contributed by atoms with van der Waals surface area (Å²) in [6.45, 7) is 5.29. The van der Waals surface area contributed by atoms with Gasteiger partial charge in [-0.3, -0.25) is 9.89 Å². The molecule has 4 saturated heterocycles. The van der Waals surface area contributed by atoms with Gasteiger partial charge >= 0.3 is 0 Å². The summed E-state index contributed by atoms with van der Waals surface area (Å²) >= 11 is 0. The van der Waals surface area contributed by atoms with Crippen molar-refractivity contribution in [1.29, 1.82) is 0 Å². The van der Waals surface area contributed by atoms with Gasteiger partial charge in [0.1, 0.15) is 11.9 Å². The standard InChI is InChI=1S/C20H27N5O2/c1-24-7-6-15(11-24)27-14-2-3-17-16(10-14)19(23-22-17)20(26)21-18-12-25-8-4-13(18)5-9-25/h2-3,10,13,15,18H,4-9,11-12H2,1H3,(H,21,26)(H,22,23)/t15?,18-/m1/s1. The normalized spacial score (nSPS) is 30.7. The van der Waals surface area contributed by atoms with Crippen LogP contribution in [0.1, 0.15) is 29.8 Å². The second-order valence-corrected chi connectivity index (χ2v) is 8.29. The molecule has 144 valence electrons. The molecule has 1 amide bonds. The number of likely N-dealkylation sites (N-methyl/N-ethyl adjacent to an activating group) is 1. The van der Waals surface area contributed by atoms with E-state index in [1.54, 1.807) is 0 Å². The number of hydrogen-bond acceptors (Lipinski definition) is 5. The molecule has 2 aromatic rings. The smallest absolute Gasteiger partial charge is 0.272 e. The number of benzene rings is 1. The van der Waals surface area contributed by atoms with E-state index in [1.165, 1.54) is 25.9 Å². The van der Waals surface area contributed by atoms with Gasteiger partial charge in [0, 0.05) is 31.1 Å². The van der Waals surface area contributed by atoms with Crippen LogP contribution in [-0.2, 0) is 0 Å². The van der Waals surface area contributed by atoms with Crippen LogP contribution < -0.4 is 10.1 Å². The quantitative estimate of drug-likeness (QED) is 0.854. The summed E-state index contributed by atoms with van der Waals surface area (Å²) in [5.41, 5.74) is 1.33. The molecule has 27 heavy (non-hydrogen) atoms. The molecule has 5 heterocycles. The van der Waals surface area contributed by atoms with Crippen molar-refractivity contribution in [2.45, 2.75) is 31.4 Å². The Kier molecular flexibility index (Phi) is 4.28. The summed E-state index contributed by atoms with van der Waals surface area (Å²) in [4.78, 5) is 17.6. The SMILES string of the molecule is CN1CCC(Oc2ccc3[nH]nc(C(=O)N[C@@H]4CN5CCC4CC5)c3c2)C1. The third kappa shape index (κ3) is 3.30. The second-order valence-electron chi connectivity index (χ2n) is 8.29. The van der Waals surface area contributed by atoms with Crippen LogP contribution >= 0.6 is 0 Å². The van der Waals surface area contributed by atoms with Crippen molar-refractivity contribution in [3.63, 3.8) is 0 Å². The lowest BCUT2D eigenvalue weighted by Gasteiger charge is -2.44. The highest BCUT2D eigenvalue weighted by Gasteiger charge is 2.35. The maximum atomic E-state index is 12.9. The Hall–Kier alpha value is -2.12. The third-order valence-corrected chi connectivity index (χ3v) is 6.37. The predicted octanol–water partition coefficient (Wildman–Crippen LogP) is 1.47. The lowest BCUT2D eigenvalue weighted by molar-refractivity contribution is 0.0618. The molecule has 7 nitrogen and oxygen atoms in total.